The molecule has 0 aromatic carbocycles. The molecule has 0 aromatic heterocycles. The molecule has 0 bridgehead atoms. The van der Waals surface area contributed by atoms with Gasteiger partial charge in [-0.05, 0) is 12.5 Å². The molecule has 0 spiro atoms. The fraction of sp³-hybridized carbons (Fsp3) is 1.00. The Kier molecular flexibility index (Phi) is 6.28. The average molecular weight is 208 g/mol. The van der Waals surface area contributed by atoms with Gasteiger partial charge in [0.1, 0.15) is 0 Å². The number of nitrogens with one attached hydrogen (secondary N) is 1. The van der Waals surface area contributed by atoms with Crippen molar-refractivity contribution in [3.63, 3.8) is 0 Å². The first-order valence-corrected chi connectivity index (χ1v) is 6.42. The highest BCUT2D eigenvalue weighted by Crippen LogP contribution is 2.04. The normalized spacial score (nSPS) is 12.3. The molecule has 0 rings (SSSR count). The second kappa shape index (κ2) is 6.34. The Hall–Kier alpha value is -0.130. The van der Waals surface area contributed by atoms with Gasteiger partial charge in [0.15, 0.2) is 0 Å². The molecule has 0 radical (unpaired) electrons. The van der Waals surface area contributed by atoms with E-state index in [9.17, 15) is 8.42 Å². The van der Waals surface area contributed by atoms with Crippen molar-refractivity contribution in [2.45, 2.75) is 26.7 Å². The minimum atomic E-state index is -3.30. The number of primary sulfonamides is 1. The van der Waals surface area contributed by atoms with Crippen LogP contribution in [0.15, 0.2) is 0 Å². The van der Waals surface area contributed by atoms with E-state index in [4.69, 9.17) is 5.14 Å². The van der Waals surface area contributed by atoms with Crippen molar-refractivity contribution in [1.82, 2.24) is 5.32 Å². The molecule has 0 saturated heterocycles. The molecule has 0 fully saturated rings. The number of rotatable bonds is 7. The first kappa shape index (κ1) is 12.9. The summed E-state index contributed by atoms with van der Waals surface area (Å²) in [5.74, 6) is 0.660. The molecule has 0 aliphatic heterocycles. The number of hydrogen-bond acceptors (Lipinski definition) is 3. The first-order valence-electron chi connectivity index (χ1n) is 4.70. The van der Waals surface area contributed by atoms with E-state index in [2.05, 4.69) is 19.2 Å². The molecule has 0 heterocycles. The maximum Gasteiger partial charge on any atom is 0.210 e. The number of sulfonamides is 1. The molecule has 0 amide bonds. The molecule has 0 aliphatic rings. The molecular formula is C8H20N2O2S. The Morgan fingerprint density at radius 3 is 2.23 bits per heavy atom. The highest BCUT2D eigenvalue weighted by molar-refractivity contribution is 7.89. The predicted molar refractivity (Wildman–Crippen MR) is 54.9 cm³/mol. The topological polar surface area (TPSA) is 72.2 Å². The van der Waals surface area contributed by atoms with Crippen LogP contribution in [0.2, 0.25) is 0 Å². The van der Waals surface area contributed by atoms with Crippen LogP contribution in [0.1, 0.15) is 26.7 Å². The van der Waals surface area contributed by atoms with Crippen molar-refractivity contribution in [2.75, 3.05) is 18.8 Å². The van der Waals surface area contributed by atoms with Crippen LogP contribution < -0.4 is 10.5 Å². The fourth-order valence-corrected chi connectivity index (χ4v) is 1.53. The Labute approximate surface area is 80.9 Å². The SMILES string of the molecule is CCC(CC)CNCCS(N)(=O)=O. The van der Waals surface area contributed by atoms with E-state index in [1.54, 1.807) is 0 Å². The van der Waals surface area contributed by atoms with Gasteiger partial charge in [-0.2, -0.15) is 0 Å². The van der Waals surface area contributed by atoms with Crippen LogP contribution in [0.3, 0.4) is 0 Å². The maximum atomic E-state index is 10.6. The van der Waals surface area contributed by atoms with E-state index in [1.807, 2.05) is 0 Å². The van der Waals surface area contributed by atoms with Gasteiger partial charge in [0.25, 0.3) is 0 Å². The van der Waals surface area contributed by atoms with Gasteiger partial charge in [0.05, 0.1) is 5.75 Å². The Morgan fingerprint density at radius 1 is 1.31 bits per heavy atom. The van der Waals surface area contributed by atoms with Crippen molar-refractivity contribution in [3.8, 4) is 0 Å². The van der Waals surface area contributed by atoms with Crippen LogP contribution in [0.4, 0.5) is 0 Å². The molecule has 0 aliphatic carbocycles. The second-order valence-corrected chi connectivity index (χ2v) is 4.99. The fourth-order valence-electron chi connectivity index (χ4n) is 1.10. The van der Waals surface area contributed by atoms with E-state index in [0.717, 1.165) is 19.4 Å². The van der Waals surface area contributed by atoms with Gasteiger partial charge in [-0.3, -0.25) is 0 Å². The molecule has 0 atom stereocenters. The van der Waals surface area contributed by atoms with E-state index in [-0.39, 0.29) is 5.75 Å². The van der Waals surface area contributed by atoms with E-state index >= 15 is 0 Å². The van der Waals surface area contributed by atoms with E-state index in [1.165, 1.54) is 0 Å². The van der Waals surface area contributed by atoms with Crippen molar-refractivity contribution < 1.29 is 8.42 Å². The van der Waals surface area contributed by atoms with Gasteiger partial charge >= 0.3 is 0 Å². The first-order chi connectivity index (χ1) is 5.99. The summed E-state index contributed by atoms with van der Waals surface area (Å²) in [7, 11) is -3.30. The lowest BCUT2D eigenvalue weighted by molar-refractivity contribution is 0.456. The van der Waals surface area contributed by atoms with Gasteiger partial charge in [0.2, 0.25) is 10.0 Å². The largest absolute Gasteiger partial charge is 0.315 e. The maximum absolute atomic E-state index is 10.6. The summed E-state index contributed by atoms with van der Waals surface area (Å²) in [6, 6.07) is 0. The van der Waals surface area contributed by atoms with Crippen LogP contribution in [-0.2, 0) is 10.0 Å². The van der Waals surface area contributed by atoms with Crippen molar-refractivity contribution in [2.24, 2.45) is 11.1 Å². The lowest BCUT2D eigenvalue weighted by atomic mass is 10.0. The number of hydrogen-bond donors (Lipinski definition) is 2. The molecule has 4 nitrogen and oxygen atoms in total. The third kappa shape index (κ3) is 8.21. The molecule has 13 heavy (non-hydrogen) atoms. The lowest BCUT2D eigenvalue weighted by Gasteiger charge is -2.12. The van der Waals surface area contributed by atoms with E-state index in [0.29, 0.717) is 12.5 Å². The standard InChI is InChI=1S/C8H20N2O2S/c1-3-8(4-2)7-10-5-6-13(9,11)12/h8,10H,3-7H2,1-2H3,(H2,9,11,12). The van der Waals surface area contributed by atoms with Crippen LogP contribution in [-0.4, -0.2) is 27.3 Å². The summed E-state index contributed by atoms with van der Waals surface area (Å²) < 4.78 is 21.1. The molecule has 0 saturated carbocycles. The van der Waals surface area contributed by atoms with E-state index < -0.39 is 10.0 Å². The Morgan fingerprint density at radius 2 is 1.85 bits per heavy atom. The van der Waals surface area contributed by atoms with Gasteiger partial charge in [-0.15, -0.1) is 0 Å². The summed E-state index contributed by atoms with van der Waals surface area (Å²) >= 11 is 0. The number of nitrogens with two attached hydrogens (primary N) is 1. The molecule has 80 valence electrons. The van der Waals surface area contributed by atoms with Crippen LogP contribution >= 0.6 is 0 Å². The van der Waals surface area contributed by atoms with Crippen LogP contribution in [0.5, 0.6) is 0 Å². The molecule has 5 heteroatoms. The zero-order chi connectivity index (χ0) is 10.3. The summed E-state index contributed by atoms with van der Waals surface area (Å²) in [5.41, 5.74) is 0. The van der Waals surface area contributed by atoms with Gasteiger partial charge in [-0.25, -0.2) is 13.6 Å². The van der Waals surface area contributed by atoms with Gasteiger partial charge < -0.3 is 5.32 Å². The zero-order valence-corrected chi connectivity index (χ0v) is 9.23. The quantitative estimate of drug-likeness (QED) is 0.591. The van der Waals surface area contributed by atoms with Crippen molar-refractivity contribution >= 4 is 10.0 Å². The van der Waals surface area contributed by atoms with Crippen LogP contribution in [0, 0.1) is 5.92 Å². The lowest BCUT2D eigenvalue weighted by Crippen LogP contribution is -2.30. The highest BCUT2D eigenvalue weighted by atomic mass is 32.2. The molecule has 0 unspecified atom stereocenters. The minimum absolute atomic E-state index is 0.0210. The summed E-state index contributed by atoms with van der Waals surface area (Å²) in [4.78, 5) is 0. The highest BCUT2D eigenvalue weighted by Gasteiger charge is 2.04. The predicted octanol–water partition coefficient (Wildman–Crippen LogP) is 0.301. The zero-order valence-electron chi connectivity index (χ0n) is 8.41. The molecular weight excluding hydrogens is 188 g/mol. The Bertz CT molecular complexity index is 210. The minimum Gasteiger partial charge on any atom is -0.315 e. The molecule has 0 aromatic rings. The van der Waals surface area contributed by atoms with Gasteiger partial charge in [0, 0.05) is 6.54 Å². The summed E-state index contributed by atoms with van der Waals surface area (Å²) in [5, 5.41) is 7.93. The summed E-state index contributed by atoms with van der Waals surface area (Å²) in [6.07, 6.45) is 2.25. The van der Waals surface area contributed by atoms with Crippen LogP contribution in [0.25, 0.3) is 0 Å². The monoisotopic (exact) mass is 208 g/mol. The Balaban J connectivity index is 3.45. The summed E-state index contributed by atoms with van der Waals surface area (Å²) in [6.45, 7) is 5.60. The molecule has 3 N–H and O–H groups in total. The van der Waals surface area contributed by atoms with Crippen molar-refractivity contribution in [1.29, 1.82) is 0 Å². The second-order valence-electron chi connectivity index (χ2n) is 3.25. The van der Waals surface area contributed by atoms with Crippen molar-refractivity contribution in [3.05, 3.63) is 0 Å². The average Bonchev–Trinajstić information content (AvgIpc) is 2.03. The van der Waals surface area contributed by atoms with Gasteiger partial charge in [-0.1, -0.05) is 26.7 Å². The third-order valence-corrected chi connectivity index (χ3v) is 2.92. The third-order valence-electron chi connectivity index (χ3n) is 2.15. The smallest absolute Gasteiger partial charge is 0.210 e.